The van der Waals surface area contributed by atoms with Crippen LogP contribution in [0.5, 0.6) is 5.75 Å². The second-order valence-corrected chi connectivity index (χ2v) is 7.15. The molecule has 0 aliphatic rings. The number of aliphatic hydroxyl groups is 1. The summed E-state index contributed by atoms with van der Waals surface area (Å²) >= 11 is 0. The average molecular weight is 278 g/mol. The van der Waals surface area contributed by atoms with Gasteiger partial charge in [0.1, 0.15) is 5.75 Å². The maximum atomic E-state index is 10.2. The Labute approximate surface area is 124 Å². The van der Waals surface area contributed by atoms with E-state index in [9.17, 15) is 5.11 Å². The molecule has 2 nitrogen and oxygen atoms in total. The summed E-state index contributed by atoms with van der Waals surface area (Å²) in [5.41, 5.74) is 1.60. The molecule has 0 amide bonds. The van der Waals surface area contributed by atoms with Crippen molar-refractivity contribution in [2.24, 2.45) is 11.3 Å². The zero-order valence-corrected chi connectivity index (χ0v) is 13.6. The fourth-order valence-corrected chi connectivity index (χ4v) is 2.84. The number of aryl methyl sites for hydroxylation is 1. The average Bonchev–Trinajstić information content (AvgIpc) is 2.34. The summed E-state index contributed by atoms with van der Waals surface area (Å²) in [5, 5.41) is 10.2. The smallest absolute Gasteiger partial charge is 0.118 e. The van der Waals surface area contributed by atoms with Gasteiger partial charge in [-0.15, -0.1) is 0 Å². The van der Waals surface area contributed by atoms with Crippen molar-refractivity contribution in [3.63, 3.8) is 0 Å². The summed E-state index contributed by atoms with van der Waals surface area (Å²) in [6, 6.07) is 8.10. The summed E-state index contributed by atoms with van der Waals surface area (Å²) in [4.78, 5) is 0. The predicted octanol–water partition coefficient (Wildman–Crippen LogP) is 4.45. The molecular weight excluding hydrogens is 248 g/mol. The Bertz CT molecular complexity index is 375. The number of rotatable bonds is 7. The van der Waals surface area contributed by atoms with Crippen molar-refractivity contribution >= 4 is 0 Å². The SMILES string of the molecule is COc1ccc(CCC(O)CC(C)CC(C)(C)C)cc1. The topological polar surface area (TPSA) is 29.5 Å². The molecule has 2 atom stereocenters. The fourth-order valence-electron chi connectivity index (χ4n) is 2.84. The maximum Gasteiger partial charge on any atom is 0.118 e. The van der Waals surface area contributed by atoms with Crippen LogP contribution in [0.1, 0.15) is 52.5 Å². The van der Waals surface area contributed by atoms with Crippen molar-refractivity contribution in [2.75, 3.05) is 7.11 Å². The van der Waals surface area contributed by atoms with Crippen molar-refractivity contribution in [1.29, 1.82) is 0 Å². The van der Waals surface area contributed by atoms with E-state index >= 15 is 0 Å². The molecule has 0 saturated heterocycles. The molecule has 0 spiro atoms. The third-order valence-corrected chi connectivity index (χ3v) is 3.56. The molecule has 0 fully saturated rings. The number of aliphatic hydroxyl groups excluding tert-OH is 1. The lowest BCUT2D eigenvalue weighted by atomic mass is 9.83. The lowest BCUT2D eigenvalue weighted by molar-refractivity contribution is 0.124. The third kappa shape index (κ3) is 6.95. The molecule has 0 aliphatic heterocycles. The summed E-state index contributed by atoms with van der Waals surface area (Å²) in [6.07, 6.45) is 3.61. The molecule has 0 bridgehead atoms. The second kappa shape index (κ2) is 7.68. The first-order chi connectivity index (χ1) is 9.30. The molecule has 2 heteroatoms. The number of methoxy groups -OCH3 is 1. The Morgan fingerprint density at radius 3 is 2.25 bits per heavy atom. The van der Waals surface area contributed by atoms with Crippen molar-refractivity contribution in [3.8, 4) is 5.75 Å². The summed E-state index contributed by atoms with van der Waals surface area (Å²) in [5.74, 6) is 1.45. The Morgan fingerprint density at radius 1 is 1.15 bits per heavy atom. The summed E-state index contributed by atoms with van der Waals surface area (Å²) < 4.78 is 5.14. The number of hydrogen-bond acceptors (Lipinski definition) is 2. The Morgan fingerprint density at radius 2 is 1.75 bits per heavy atom. The predicted molar refractivity (Wildman–Crippen MR) is 85.2 cm³/mol. The number of ether oxygens (including phenoxy) is 1. The quantitative estimate of drug-likeness (QED) is 0.798. The van der Waals surface area contributed by atoms with E-state index in [-0.39, 0.29) is 6.10 Å². The molecule has 1 N–H and O–H groups in total. The highest BCUT2D eigenvalue weighted by Gasteiger charge is 2.17. The second-order valence-electron chi connectivity index (χ2n) is 7.15. The summed E-state index contributed by atoms with van der Waals surface area (Å²) in [6.45, 7) is 9.01. The van der Waals surface area contributed by atoms with Gasteiger partial charge in [0.05, 0.1) is 13.2 Å². The van der Waals surface area contributed by atoms with Crippen molar-refractivity contribution in [2.45, 2.75) is 59.5 Å². The van der Waals surface area contributed by atoms with Crippen LogP contribution in [0, 0.1) is 11.3 Å². The molecule has 0 aromatic heterocycles. The number of hydrogen-bond donors (Lipinski definition) is 1. The van der Waals surface area contributed by atoms with Crippen LogP contribution >= 0.6 is 0 Å². The zero-order chi connectivity index (χ0) is 15.2. The van der Waals surface area contributed by atoms with Crippen LogP contribution < -0.4 is 4.74 Å². The van der Waals surface area contributed by atoms with Gasteiger partial charge in [0.2, 0.25) is 0 Å². The van der Waals surface area contributed by atoms with Gasteiger partial charge in [-0.25, -0.2) is 0 Å². The van der Waals surface area contributed by atoms with Crippen LogP contribution in [0.4, 0.5) is 0 Å². The molecule has 1 aromatic carbocycles. The van der Waals surface area contributed by atoms with Gasteiger partial charge < -0.3 is 9.84 Å². The van der Waals surface area contributed by atoms with Gasteiger partial charge in [-0.05, 0) is 54.7 Å². The molecule has 0 heterocycles. The van der Waals surface area contributed by atoms with E-state index < -0.39 is 0 Å². The first kappa shape index (κ1) is 17.0. The van der Waals surface area contributed by atoms with Crippen LogP contribution in [0.15, 0.2) is 24.3 Å². The number of benzene rings is 1. The molecule has 0 aliphatic carbocycles. The highest BCUT2D eigenvalue weighted by Crippen LogP contribution is 2.27. The highest BCUT2D eigenvalue weighted by molar-refractivity contribution is 5.27. The molecular formula is C18H30O2. The van der Waals surface area contributed by atoms with Gasteiger partial charge in [-0.2, -0.15) is 0 Å². The van der Waals surface area contributed by atoms with E-state index in [1.807, 2.05) is 12.1 Å². The van der Waals surface area contributed by atoms with Crippen LogP contribution in [0.2, 0.25) is 0 Å². The van der Waals surface area contributed by atoms with Crippen LogP contribution in [0.3, 0.4) is 0 Å². The van der Waals surface area contributed by atoms with Gasteiger partial charge in [-0.3, -0.25) is 0 Å². The van der Waals surface area contributed by atoms with E-state index in [0.717, 1.165) is 31.4 Å². The Balaban J connectivity index is 2.33. The first-order valence-electron chi connectivity index (χ1n) is 7.61. The van der Waals surface area contributed by atoms with E-state index in [2.05, 4.69) is 39.8 Å². The minimum absolute atomic E-state index is 0.200. The molecule has 0 radical (unpaired) electrons. The first-order valence-corrected chi connectivity index (χ1v) is 7.61. The Kier molecular flexibility index (Phi) is 6.54. The zero-order valence-electron chi connectivity index (χ0n) is 13.6. The normalized spacial score (nSPS) is 14.9. The monoisotopic (exact) mass is 278 g/mol. The van der Waals surface area contributed by atoms with Crippen molar-refractivity contribution in [3.05, 3.63) is 29.8 Å². The van der Waals surface area contributed by atoms with Crippen LogP contribution in [-0.4, -0.2) is 18.3 Å². The minimum Gasteiger partial charge on any atom is -0.497 e. The molecule has 1 rings (SSSR count). The van der Waals surface area contributed by atoms with E-state index in [0.29, 0.717) is 11.3 Å². The molecule has 114 valence electrons. The fraction of sp³-hybridized carbons (Fsp3) is 0.667. The van der Waals surface area contributed by atoms with Crippen molar-refractivity contribution < 1.29 is 9.84 Å². The van der Waals surface area contributed by atoms with Gasteiger partial charge >= 0.3 is 0 Å². The standard InChI is InChI=1S/C18H30O2/c1-14(13-18(2,3)4)12-16(19)9-6-15-7-10-17(20-5)11-8-15/h7-8,10-11,14,16,19H,6,9,12-13H2,1-5H3. The largest absolute Gasteiger partial charge is 0.497 e. The third-order valence-electron chi connectivity index (χ3n) is 3.56. The molecule has 20 heavy (non-hydrogen) atoms. The van der Waals surface area contributed by atoms with Crippen LogP contribution in [0.25, 0.3) is 0 Å². The van der Waals surface area contributed by atoms with E-state index in [1.54, 1.807) is 7.11 Å². The lowest BCUT2D eigenvalue weighted by Gasteiger charge is -2.24. The lowest BCUT2D eigenvalue weighted by Crippen LogP contribution is -2.17. The highest BCUT2D eigenvalue weighted by atomic mass is 16.5. The van der Waals surface area contributed by atoms with E-state index in [4.69, 9.17) is 4.74 Å². The van der Waals surface area contributed by atoms with Gasteiger partial charge in [0.15, 0.2) is 0 Å². The van der Waals surface area contributed by atoms with Crippen LogP contribution in [-0.2, 0) is 6.42 Å². The molecule has 2 unspecified atom stereocenters. The minimum atomic E-state index is -0.200. The molecule has 0 saturated carbocycles. The Hall–Kier alpha value is -1.02. The van der Waals surface area contributed by atoms with Crippen molar-refractivity contribution in [1.82, 2.24) is 0 Å². The van der Waals surface area contributed by atoms with Gasteiger partial charge in [-0.1, -0.05) is 39.8 Å². The van der Waals surface area contributed by atoms with E-state index in [1.165, 1.54) is 5.56 Å². The van der Waals surface area contributed by atoms with Gasteiger partial charge in [0, 0.05) is 0 Å². The molecule has 1 aromatic rings. The van der Waals surface area contributed by atoms with Gasteiger partial charge in [0.25, 0.3) is 0 Å². The maximum absolute atomic E-state index is 10.2. The summed E-state index contributed by atoms with van der Waals surface area (Å²) in [7, 11) is 1.68.